The Morgan fingerprint density at radius 3 is 2.57 bits per heavy atom. The number of morpholine rings is 1. The van der Waals surface area contributed by atoms with E-state index >= 15 is 0 Å². The predicted octanol–water partition coefficient (Wildman–Crippen LogP) is -0.439. The van der Waals surface area contributed by atoms with Crippen LogP contribution in [0.5, 0.6) is 0 Å². The zero-order valence-electron chi connectivity index (χ0n) is 8.61. The summed E-state index contributed by atoms with van der Waals surface area (Å²) in [5, 5.41) is 9.21. The Balaban J connectivity index is 1.66. The van der Waals surface area contributed by atoms with Gasteiger partial charge in [0.05, 0.1) is 19.3 Å². The van der Waals surface area contributed by atoms with E-state index in [-0.39, 0.29) is 11.6 Å². The average Bonchev–Trinajstić information content (AvgIpc) is 2.15. The van der Waals surface area contributed by atoms with E-state index in [0.29, 0.717) is 0 Å². The van der Waals surface area contributed by atoms with Gasteiger partial charge in [0.15, 0.2) is 0 Å². The molecule has 1 saturated heterocycles. The van der Waals surface area contributed by atoms with Crippen LogP contribution in [0.4, 0.5) is 0 Å². The molecule has 0 amide bonds. The zero-order valence-corrected chi connectivity index (χ0v) is 8.61. The molecule has 0 spiro atoms. The van der Waals surface area contributed by atoms with Gasteiger partial charge in [-0.2, -0.15) is 0 Å². The molecule has 1 aliphatic heterocycles. The van der Waals surface area contributed by atoms with Crippen molar-refractivity contribution in [3.63, 3.8) is 0 Å². The minimum atomic E-state index is -0.148. The fraction of sp³-hybridized carbons (Fsp3) is 1.00. The Kier molecular flexibility index (Phi) is 3.07. The number of nitrogens with zero attached hydrogens (tertiary/aromatic N) is 1. The van der Waals surface area contributed by atoms with Crippen LogP contribution in [0.15, 0.2) is 0 Å². The molecule has 1 heterocycles. The summed E-state index contributed by atoms with van der Waals surface area (Å²) in [4.78, 5) is 2.39. The number of hydrogen-bond donors (Lipinski definition) is 2. The Labute approximate surface area is 85.0 Å². The molecule has 4 nitrogen and oxygen atoms in total. The molecule has 82 valence electrons. The normalized spacial score (nSPS) is 39.4. The molecule has 0 unspecified atom stereocenters. The molecule has 14 heavy (non-hydrogen) atoms. The Morgan fingerprint density at radius 2 is 2.00 bits per heavy atom. The van der Waals surface area contributed by atoms with E-state index < -0.39 is 0 Å². The fourth-order valence-corrected chi connectivity index (χ4v) is 2.29. The summed E-state index contributed by atoms with van der Waals surface area (Å²) < 4.78 is 5.28. The number of rotatable bonds is 3. The maximum atomic E-state index is 9.21. The second-order valence-electron chi connectivity index (χ2n) is 4.63. The summed E-state index contributed by atoms with van der Waals surface area (Å²) in [5.41, 5.74) is 6.01. The van der Waals surface area contributed by atoms with Gasteiger partial charge in [-0.25, -0.2) is 0 Å². The van der Waals surface area contributed by atoms with Crippen molar-refractivity contribution in [2.45, 2.75) is 30.9 Å². The van der Waals surface area contributed by atoms with Crippen molar-refractivity contribution >= 4 is 0 Å². The van der Waals surface area contributed by atoms with Crippen LogP contribution < -0.4 is 5.73 Å². The standard InChI is InChI=1S/C10H20N2O2/c11-10(7-9(13)8-10)1-2-12-3-5-14-6-4-12/h9,13H,1-8,11H2. The van der Waals surface area contributed by atoms with Crippen LogP contribution in [0.2, 0.25) is 0 Å². The molecule has 2 fully saturated rings. The van der Waals surface area contributed by atoms with Crippen LogP contribution in [0.25, 0.3) is 0 Å². The lowest BCUT2D eigenvalue weighted by atomic mass is 9.73. The second kappa shape index (κ2) is 4.14. The minimum absolute atomic E-state index is 0.0856. The third-order valence-electron chi connectivity index (χ3n) is 3.31. The molecule has 0 aromatic rings. The van der Waals surface area contributed by atoms with E-state index in [1.165, 1.54) is 0 Å². The van der Waals surface area contributed by atoms with E-state index in [2.05, 4.69) is 4.90 Å². The number of ether oxygens (including phenoxy) is 1. The maximum Gasteiger partial charge on any atom is 0.0594 e. The van der Waals surface area contributed by atoms with Gasteiger partial charge in [0.2, 0.25) is 0 Å². The summed E-state index contributed by atoms with van der Waals surface area (Å²) in [6.07, 6.45) is 2.41. The summed E-state index contributed by atoms with van der Waals surface area (Å²) in [6.45, 7) is 4.80. The van der Waals surface area contributed by atoms with Crippen molar-refractivity contribution in [1.29, 1.82) is 0 Å². The smallest absolute Gasteiger partial charge is 0.0594 e. The van der Waals surface area contributed by atoms with Gasteiger partial charge in [-0.15, -0.1) is 0 Å². The van der Waals surface area contributed by atoms with E-state index in [1.807, 2.05) is 0 Å². The van der Waals surface area contributed by atoms with Gasteiger partial charge in [0, 0.05) is 25.2 Å². The van der Waals surface area contributed by atoms with Crippen LogP contribution in [0, 0.1) is 0 Å². The lowest BCUT2D eigenvalue weighted by molar-refractivity contribution is 0.000441. The molecule has 0 radical (unpaired) electrons. The summed E-state index contributed by atoms with van der Waals surface area (Å²) >= 11 is 0. The van der Waals surface area contributed by atoms with Crippen molar-refractivity contribution in [2.24, 2.45) is 5.73 Å². The van der Waals surface area contributed by atoms with Gasteiger partial charge in [-0.05, 0) is 19.3 Å². The van der Waals surface area contributed by atoms with Crippen molar-refractivity contribution in [3.8, 4) is 0 Å². The molecule has 4 heteroatoms. The first-order chi connectivity index (χ1) is 6.68. The van der Waals surface area contributed by atoms with Crippen molar-refractivity contribution in [1.82, 2.24) is 4.90 Å². The number of nitrogens with two attached hydrogens (primary N) is 1. The van der Waals surface area contributed by atoms with Gasteiger partial charge in [0.25, 0.3) is 0 Å². The van der Waals surface area contributed by atoms with Crippen LogP contribution in [-0.2, 0) is 4.74 Å². The van der Waals surface area contributed by atoms with E-state index in [1.54, 1.807) is 0 Å². The molecule has 0 bridgehead atoms. The molecule has 3 N–H and O–H groups in total. The third-order valence-corrected chi connectivity index (χ3v) is 3.31. The molecule has 2 aliphatic rings. The van der Waals surface area contributed by atoms with E-state index in [9.17, 15) is 5.11 Å². The van der Waals surface area contributed by atoms with Crippen molar-refractivity contribution in [3.05, 3.63) is 0 Å². The lowest BCUT2D eigenvalue weighted by Crippen LogP contribution is -2.56. The highest BCUT2D eigenvalue weighted by atomic mass is 16.5. The predicted molar refractivity (Wildman–Crippen MR) is 54.0 cm³/mol. The fourth-order valence-electron chi connectivity index (χ4n) is 2.29. The SMILES string of the molecule is NC1(CCN2CCOCC2)CC(O)C1. The van der Waals surface area contributed by atoms with Crippen LogP contribution in [0.1, 0.15) is 19.3 Å². The average molecular weight is 200 g/mol. The summed E-state index contributed by atoms with van der Waals surface area (Å²) in [7, 11) is 0. The molecule has 0 aromatic heterocycles. The van der Waals surface area contributed by atoms with Gasteiger partial charge in [-0.1, -0.05) is 0 Å². The molecular weight excluding hydrogens is 180 g/mol. The topological polar surface area (TPSA) is 58.7 Å². The van der Waals surface area contributed by atoms with Crippen LogP contribution in [-0.4, -0.2) is 54.5 Å². The summed E-state index contributed by atoms with van der Waals surface area (Å²) in [5.74, 6) is 0. The van der Waals surface area contributed by atoms with Gasteiger partial charge < -0.3 is 15.6 Å². The highest BCUT2D eigenvalue weighted by Crippen LogP contribution is 2.32. The van der Waals surface area contributed by atoms with Crippen LogP contribution in [0.3, 0.4) is 0 Å². The highest BCUT2D eigenvalue weighted by Gasteiger charge is 2.39. The summed E-state index contributed by atoms with van der Waals surface area (Å²) in [6, 6.07) is 0. The molecule has 1 aliphatic carbocycles. The Bertz CT molecular complexity index is 187. The first-order valence-corrected chi connectivity index (χ1v) is 5.45. The molecule has 2 rings (SSSR count). The number of aliphatic hydroxyl groups excluding tert-OH is 1. The van der Waals surface area contributed by atoms with Gasteiger partial charge in [0.1, 0.15) is 0 Å². The van der Waals surface area contributed by atoms with E-state index in [0.717, 1.165) is 52.1 Å². The first kappa shape index (κ1) is 10.4. The van der Waals surface area contributed by atoms with Crippen LogP contribution >= 0.6 is 0 Å². The second-order valence-corrected chi connectivity index (χ2v) is 4.63. The first-order valence-electron chi connectivity index (χ1n) is 5.45. The Morgan fingerprint density at radius 1 is 1.36 bits per heavy atom. The monoisotopic (exact) mass is 200 g/mol. The molecule has 1 saturated carbocycles. The Hall–Kier alpha value is -0.160. The highest BCUT2D eigenvalue weighted by molar-refractivity contribution is 4.98. The third kappa shape index (κ3) is 2.45. The van der Waals surface area contributed by atoms with Gasteiger partial charge in [-0.3, -0.25) is 4.90 Å². The molecule has 0 aromatic carbocycles. The number of hydrogen-bond acceptors (Lipinski definition) is 4. The maximum absolute atomic E-state index is 9.21. The minimum Gasteiger partial charge on any atom is -0.393 e. The largest absolute Gasteiger partial charge is 0.393 e. The van der Waals surface area contributed by atoms with Crippen molar-refractivity contribution in [2.75, 3.05) is 32.8 Å². The van der Waals surface area contributed by atoms with Crippen molar-refractivity contribution < 1.29 is 9.84 Å². The molecule has 0 atom stereocenters. The van der Waals surface area contributed by atoms with E-state index in [4.69, 9.17) is 10.5 Å². The molecular formula is C10H20N2O2. The number of aliphatic hydroxyl groups is 1. The zero-order chi connectivity index (χ0) is 10.0. The quantitative estimate of drug-likeness (QED) is 0.648. The lowest BCUT2D eigenvalue weighted by Gasteiger charge is -2.43. The van der Waals surface area contributed by atoms with Gasteiger partial charge >= 0.3 is 0 Å².